The maximum atomic E-state index is 13.5. The summed E-state index contributed by atoms with van der Waals surface area (Å²) in [4.78, 5) is 14.4. The van der Waals surface area contributed by atoms with Gasteiger partial charge in [-0.2, -0.15) is 0 Å². The van der Waals surface area contributed by atoms with Gasteiger partial charge in [-0.3, -0.25) is 9.69 Å². The smallest absolute Gasteiger partial charge is 0.151 e. The average Bonchev–Trinajstić information content (AvgIpc) is 2.45. The summed E-state index contributed by atoms with van der Waals surface area (Å²) in [5.74, 6) is -0.198. The molecular formula is C17H26FNO. The first-order valence-corrected chi connectivity index (χ1v) is 7.57. The number of nitrogens with zero attached hydrogens (tertiary/aromatic N) is 1. The Kier molecular flexibility index (Phi) is 7.45. The lowest BCUT2D eigenvalue weighted by Gasteiger charge is -2.27. The SMILES string of the molecule is CCCCN(CC(=O)Cc1ccccc1F)C(C)CC. The molecule has 0 amide bonds. The molecule has 1 atom stereocenters. The number of ketones is 1. The van der Waals surface area contributed by atoms with E-state index in [0.29, 0.717) is 18.2 Å². The van der Waals surface area contributed by atoms with Gasteiger partial charge in [-0.1, -0.05) is 38.5 Å². The van der Waals surface area contributed by atoms with Crippen LogP contribution < -0.4 is 0 Å². The molecule has 0 aromatic heterocycles. The van der Waals surface area contributed by atoms with Gasteiger partial charge < -0.3 is 0 Å². The van der Waals surface area contributed by atoms with Gasteiger partial charge in [0, 0.05) is 12.5 Å². The van der Waals surface area contributed by atoms with Gasteiger partial charge in [0.2, 0.25) is 0 Å². The van der Waals surface area contributed by atoms with E-state index in [1.165, 1.54) is 6.07 Å². The van der Waals surface area contributed by atoms with E-state index in [1.807, 2.05) is 0 Å². The van der Waals surface area contributed by atoms with Crippen LogP contribution in [0, 0.1) is 5.82 Å². The van der Waals surface area contributed by atoms with Crippen molar-refractivity contribution >= 4 is 5.78 Å². The van der Waals surface area contributed by atoms with Gasteiger partial charge in [-0.15, -0.1) is 0 Å². The highest BCUT2D eigenvalue weighted by atomic mass is 19.1. The molecule has 0 N–H and O–H groups in total. The van der Waals surface area contributed by atoms with Crippen LogP contribution in [-0.2, 0) is 11.2 Å². The molecule has 0 fully saturated rings. The lowest BCUT2D eigenvalue weighted by molar-refractivity contribution is -0.120. The summed E-state index contributed by atoms with van der Waals surface area (Å²) in [7, 11) is 0. The van der Waals surface area contributed by atoms with E-state index in [1.54, 1.807) is 18.2 Å². The van der Waals surface area contributed by atoms with E-state index in [4.69, 9.17) is 0 Å². The Labute approximate surface area is 122 Å². The molecule has 1 aromatic rings. The molecule has 0 bridgehead atoms. The molecule has 20 heavy (non-hydrogen) atoms. The molecule has 0 aliphatic carbocycles. The molecule has 0 aliphatic rings. The number of rotatable bonds is 9. The molecule has 3 heteroatoms. The van der Waals surface area contributed by atoms with Crippen molar-refractivity contribution in [2.75, 3.05) is 13.1 Å². The van der Waals surface area contributed by atoms with Gasteiger partial charge >= 0.3 is 0 Å². The second-order valence-electron chi connectivity index (χ2n) is 5.39. The van der Waals surface area contributed by atoms with Crippen LogP contribution in [0.4, 0.5) is 4.39 Å². The van der Waals surface area contributed by atoms with Gasteiger partial charge in [0.15, 0.2) is 5.78 Å². The first-order chi connectivity index (χ1) is 9.58. The van der Waals surface area contributed by atoms with Crippen molar-refractivity contribution < 1.29 is 9.18 Å². The van der Waals surface area contributed by atoms with Gasteiger partial charge in [-0.25, -0.2) is 4.39 Å². The van der Waals surface area contributed by atoms with E-state index in [9.17, 15) is 9.18 Å². The zero-order valence-corrected chi connectivity index (χ0v) is 12.9. The highest BCUT2D eigenvalue weighted by molar-refractivity contribution is 5.82. The van der Waals surface area contributed by atoms with Crippen LogP contribution in [0.5, 0.6) is 0 Å². The van der Waals surface area contributed by atoms with E-state index >= 15 is 0 Å². The minimum atomic E-state index is -0.288. The third-order valence-electron chi connectivity index (χ3n) is 3.74. The maximum absolute atomic E-state index is 13.5. The summed E-state index contributed by atoms with van der Waals surface area (Å²) in [6.07, 6.45) is 3.42. The molecule has 1 unspecified atom stereocenters. The third kappa shape index (κ3) is 5.41. The van der Waals surface area contributed by atoms with Crippen LogP contribution in [0.15, 0.2) is 24.3 Å². The van der Waals surface area contributed by atoms with Crippen molar-refractivity contribution in [1.29, 1.82) is 0 Å². The monoisotopic (exact) mass is 279 g/mol. The summed E-state index contributed by atoms with van der Waals surface area (Å²) in [6, 6.07) is 6.91. The van der Waals surface area contributed by atoms with E-state index < -0.39 is 0 Å². The standard InChI is InChI=1S/C17H26FNO/c1-4-6-11-19(14(3)5-2)13-16(20)12-15-9-7-8-10-17(15)18/h7-10,14H,4-6,11-13H2,1-3H3. The molecule has 0 heterocycles. The van der Waals surface area contributed by atoms with Crippen LogP contribution in [-0.4, -0.2) is 29.8 Å². The molecule has 0 aliphatic heterocycles. The van der Waals surface area contributed by atoms with Gasteiger partial charge in [0.1, 0.15) is 5.82 Å². The Morgan fingerprint density at radius 2 is 2.00 bits per heavy atom. The third-order valence-corrected chi connectivity index (χ3v) is 3.74. The van der Waals surface area contributed by atoms with Crippen molar-refractivity contribution in [3.05, 3.63) is 35.6 Å². The minimum Gasteiger partial charge on any atom is -0.298 e. The van der Waals surface area contributed by atoms with Gasteiger partial charge in [-0.05, 0) is 37.9 Å². The highest BCUT2D eigenvalue weighted by Gasteiger charge is 2.16. The Morgan fingerprint density at radius 1 is 1.30 bits per heavy atom. The predicted molar refractivity (Wildman–Crippen MR) is 81.3 cm³/mol. The van der Waals surface area contributed by atoms with Crippen molar-refractivity contribution in [3.63, 3.8) is 0 Å². The lowest BCUT2D eigenvalue weighted by atomic mass is 10.1. The average molecular weight is 279 g/mol. The fourth-order valence-electron chi connectivity index (χ4n) is 2.21. The summed E-state index contributed by atoms with van der Waals surface area (Å²) >= 11 is 0. The predicted octanol–water partition coefficient (Wildman–Crippen LogP) is 3.84. The van der Waals surface area contributed by atoms with Crippen LogP contribution in [0.2, 0.25) is 0 Å². The summed E-state index contributed by atoms with van der Waals surface area (Å²) in [6.45, 7) is 7.78. The number of unbranched alkanes of at least 4 members (excludes halogenated alkanes) is 1. The molecule has 0 radical (unpaired) electrons. The van der Waals surface area contributed by atoms with Gasteiger partial charge in [0.05, 0.1) is 6.54 Å². The number of halogens is 1. The molecule has 112 valence electrons. The van der Waals surface area contributed by atoms with E-state index in [2.05, 4.69) is 25.7 Å². The normalized spacial score (nSPS) is 12.7. The van der Waals surface area contributed by atoms with Crippen LogP contribution in [0.3, 0.4) is 0 Å². The lowest BCUT2D eigenvalue weighted by Crippen LogP contribution is -2.38. The largest absolute Gasteiger partial charge is 0.298 e. The van der Waals surface area contributed by atoms with Crippen molar-refractivity contribution in [2.24, 2.45) is 0 Å². The zero-order chi connectivity index (χ0) is 15.0. The van der Waals surface area contributed by atoms with Crippen molar-refractivity contribution in [3.8, 4) is 0 Å². The first kappa shape index (κ1) is 16.8. The Hall–Kier alpha value is -1.22. The van der Waals surface area contributed by atoms with Crippen molar-refractivity contribution in [2.45, 2.75) is 52.5 Å². The molecule has 0 spiro atoms. The number of carbonyl (C=O) groups is 1. The topological polar surface area (TPSA) is 20.3 Å². The second kappa shape index (κ2) is 8.85. The second-order valence-corrected chi connectivity index (χ2v) is 5.39. The Morgan fingerprint density at radius 3 is 2.60 bits per heavy atom. The number of hydrogen-bond donors (Lipinski definition) is 0. The molecule has 1 aromatic carbocycles. The number of hydrogen-bond acceptors (Lipinski definition) is 2. The summed E-state index contributed by atoms with van der Waals surface area (Å²) in [5.41, 5.74) is 0.497. The van der Waals surface area contributed by atoms with Crippen LogP contribution in [0.25, 0.3) is 0 Å². The maximum Gasteiger partial charge on any atom is 0.151 e. The zero-order valence-electron chi connectivity index (χ0n) is 12.9. The minimum absolute atomic E-state index is 0.0894. The number of benzene rings is 1. The fourth-order valence-corrected chi connectivity index (χ4v) is 2.21. The molecule has 0 saturated heterocycles. The highest BCUT2D eigenvalue weighted by Crippen LogP contribution is 2.10. The quantitative estimate of drug-likeness (QED) is 0.684. The Balaban J connectivity index is 2.59. The first-order valence-electron chi connectivity index (χ1n) is 7.57. The van der Waals surface area contributed by atoms with Crippen molar-refractivity contribution in [1.82, 2.24) is 4.90 Å². The van der Waals surface area contributed by atoms with Crippen LogP contribution >= 0.6 is 0 Å². The molecular weight excluding hydrogens is 253 g/mol. The van der Waals surface area contributed by atoms with E-state index in [0.717, 1.165) is 25.8 Å². The summed E-state index contributed by atoms with van der Waals surface area (Å²) < 4.78 is 13.5. The number of Topliss-reactive ketones (excluding diaryl/α,β-unsaturated/α-hetero) is 1. The van der Waals surface area contributed by atoms with E-state index in [-0.39, 0.29) is 18.0 Å². The Bertz CT molecular complexity index is 419. The van der Waals surface area contributed by atoms with Crippen LogP contribution in [0.1, 0.15) is 45.6 Å². The molecule has 1 rings (SSSR count). The molecule has 0 saturated carbocycles. The molecule has 2 nitrogen and oxygen atoms in total. The fraction of sp³-hybridized carbons (Fsp3) is 0.588. The summed E-state index contributed by atoms with van der Waals surface area (Å²) in [5, 5.41) is 0. The van der Waals surface area contributed by atoms with Gasteiger partial charge in [0.25, 0.3) is 0 Å². The number of carbonyl (C=O) groups excluding carboxylic acids is 1.